The quantitative estimate of drug-likeness (QED) is 0.613. The number of H-pyrrole nitrogens is 1. The van der Waals surface area contributed by atoms with Gasteiger partial charge in [-0.05, 0) is 50.6 Å². The Balaban J connectivity index is 1.69. The number of rotatable bonds is 6. The number of amides is 1. The average Bonchev–Trinajstić information content (AvgIpc) is 2.71. The topological polar surface area (TPSA) is 99.8 Å². The smallest absolute Gasteiger partial charge is 0.254 e. The largest absolute Gasteiger partial charge is 0.366 e. The van der Waals surface area contributed by atoms with Crippen LogP contribution in [0.15, 0.2) is 47.4 Å². The van der Waals surface area contributed by atoms with Crippen molar-refractivity contribution in [1.82, 2.24) is 20.3 Å². The fourth-order valence-corrected chi connectivity index (χ4v) is 2.70. The Hall–Kier alpha value is -3.48. The first kappa shape index (κ1) is 19.3. The summed E-state index contributed by atoms with van der Waals surface area (Å²) in [6, 6.07) is 11.1. The second-order valence-electron chi connectivity index (χ2n) is 6.47. The molecule has 3 aromatic rings. The molecule has 0 atom stereocenters. The molecule has 3 rings (SSSR count). The van der Waals surface area contributed by atoms with E-state index in [9.17, 15) is 9.59 Å². The monoisotopic (exact) mass is 377 g/mol. The molecular formula is C21H23N5O2. The number of aromatic nitrogens is 3. The minimum Gasteiger partial charge on any atom is -0.366 e. The first-order valence-electron chi connectivity index (χ1n) is 9.13. The van der Waals surface area contributed by atoms with Crippen LogP contribution in [0.4, 0.5) is 5.82 Å². The highest BCUT2D eigenvalue weighted by molar-refractivity contribution is 5.94. The minimum absolute atomic E-state index is 0.0817. The molecule has 7 heteroatoms. The fraction of sp³-hybridized carbons (Fsp3) is 0.238. The zero-order valence-corrected chi connectivity index (χ0v) is 16.2. The molecule has 2 aromatic heterocycles. The van der Waals surface area contributed by atoms with Crippen LogP contribution in [-0.4, -0.2) is 27.4 Å². The highest BCUT2D eigenvalue weighted by Gasteiger charge is 2.07. The third kappa shape index (κ3) is 4.43. The van der Waals surface area contributed by atoms with Gasteiger partial charge in [-0.3, -0.25) is 9.59 Å². The van der Waals surface area contributed by atoms with Crippen LogP contribution in [0.3, 0.4) is 0 Å². The van der Waals surface area contributed by atoms with Gasteiger partial charge < -0.3 is 15.6 Å². The summed E-state index contributed by atoms with van der Waals surface area (Å²) in [4.78, 5) is 35.4. The van der Waals surface area contributed by atoms with E-state index in [4.69, 9.17) is 0 Å². The zero-order valence-electron chi connectivity index (χ0n) is 16.2. The van der Waals surface area contributed by atoms with Crippen molar-refractivity contribution in [3.8, 4) is 11.4 Å². The molecule has 0 bridgehead atoms. The molecular weight excluding hydrogens is 354 g/mol. The Morgan fingerprint density at radius 1 is 1.18 bits per heavy atom. The molecule has 0 saturated heterocycles. The number of nitrogens with zero attached hydrogens (tertiary/aromatic N) is 2. The second-order valence-corrected chi connectivity index (χ2v) is 6.47. The van der Waals surface area contributed by atoms with Gasteiger partial charge in [-0.2, -0.15) is 0 Å². The van der Waals surface area contributed by atoms with Gasteiger partial charge in [-0.15, -0.1) is 0 Å². The Kier molecular flexibility index (Phi) is 5.84. The summed E-state index contributed by atoms with van der Waals surface area (Å²) in [5, 5.41) is 6.03. The van der Waals surface area contributed by atoms with Crippen LogP contribution >= 0.6 is 0 Å². The Labute approximate surface area is 163 Å². The molecule has 0 radical (unpaired) electrons. The number of pyridine rings is 1. The van der Waals surface area contributed by atoms with Crippen LogP contribution in [0.25, 0.3) is 11.4 Å². The molecule has 0 aliphatic carbocycles. The first-order valence-corrected chi connectivity index (χ1v) is 9.13. The van der Waals surface area contributed by atoms with Crippen molar-refractivity contribution in [3.05, 3.63) is 75.3 Å². The van der Waals surface area contributed by atoms with E-state index in [1.54, 1.807) is 19.2 Å². The molecule has 0 fully saturated rings. The summed E-state index contributed by atoms with van der Waals surface area (Å²) >= 11 is 0. The molecule has 1 amide bonds. The summed E-state index contributed by atoms with van der Waals surface area (Å²) in [5.74, 6) is 1.11. The number of hydrogen-bond acceptors (Lipinski definition) is 5. The van der Waals surface area contributed by atoms with E-state index in [0.29, 0.717) is 41.6 Å². The summed E-state index contributed by atoms with van der Waals surface area (Å²) in [6.07, 6.45) is 1.67. The Morgan fingerprint density at radius 2 is 2.00 bits per heavy atom. The third-order valence-corrected chi connectivity index (χ3v) is 4.43. The van der Waals surface area contributed by atoms with Gasteiger partial charge in [-0.1, -0.05) is 12.1 Å². The van der Waals surface area contributed by atoms with Crippen LogP contribution in [0.5, 0.6) is 0 Å². The van der Waals surface area contributed by atoms with Crippen LogP contribution < -0.4 is 16.2 Å². The standard InChI is InChI=1S/C21H23N5O2/c1-4-22-21(28)16-7-5-6-15(10-16)11-23-18-9-8-17(12-24-18)19-25-14(3)13(2)20(27)26-19/h5-10,12H,4,11H2,1-3H3,(H,22,28)(H,23,24)(H,25,26,27). The highest BCUT2D eigenvalue weighted by atomic mass is 16.1. The van der Waals surface area contributed by atoms with Crippen molar-refractivity contribution in [2.75, 3.05) is 11.9 Å². The van der Waals surface area contributed by atoms with Crippen molar-refractivity contribution in [3.63, 3.8) is 0 Å². The number of benzene rings is 1. The summed E-state index contributed by atoms with van der Waals surface area (Å²) in [7, 11) is 0. The third-order valence-electron chi connectivity index (χ3n) is 4.43. The lowest BCUT2D eigenvalue weighted by Crippen LogP contribution is -2.22. The Bertz CT molecular complexity index is 1040. The highest BCUT2D eigenvalue weighted by Crippen LogP contribution is 2.16. The van der Waals surface area contributed by atoms with E-state index in [1.807, 2.05) is 44.2 Å². The van der Waals surface area contributed by atoms with Crippen LogP contribution in [0.2, 0.25) is 0 Å². The minimum atomic E-state index is -0.142. The maximum atomic E-state index is 11.9. The van der Waals surface area contributed by atoms with Gasteiger partial charge >= 0.3 is 0 Å². The molecule has 0 spiro atoms. The van der Waals surface area contributed by atoms with Crippen LogP contribution in [0, 0.1) is 13.8 Å². The first-order chi connectivity index (χ1) is 13.5. The number of aryl methyl sites for hydroxylation is 1. The van der Waals surface area contributed by atoms with Gasteiger partial charge in [0, 0.05) is 41.7 Å². The zero-order chi connectivity index (χ0) is 20.1. The lowest BCUT2D eigenvalue weighted by molar-refractivity contribution is 0.0955. The van der Waals surface area contributed by atoms with E-state index >= 15 is 0 Å². The van der Waals surface area contributed by atoms with Crippen molar-refractivity contribution in [2.24, 2.45) is 0 Å². The number of carbonyl (C=O) groups is 1. The van der Waals surface area contributed by atoms with Crippen molar-refractivity contribution < 1.29 is 4.79 Å². The molecule has 144 valence electrons. The lowest BCUT2D eigenvalue weighted by Gasteiger charge is -2.09. The van der Waals surface area contributed by atoms with E-state index in [2.05, 4.69) is 25.6 Å². The van der Waals surface area contributed by atoms with Crippen molar-refractivity contribution in [2.45, 2.75) is 27.3 Å². The number of carbonyl (C=O) groups excluding carboxylic acids is 1. The average molecular weight is 377 g/mol. The van der Waals surface area contributed by atoms with Crippen LogP contribution in [0.1, 0.15) is 34.1 Å². The molecule has 28 heavy (non-hydrogen) atoms. The van der Waals surface area contributed by atoms with E-state index in [1.165, 1.54) is 0 Å². The van der Waals surface area contributed by atoms with Gasteiger partial charge in [0.25, 0.3) is 11.5 Å². The van der Waals surface area contributed by atoms with Gasteiger partial charge in [0.1, 0.15) is 11.6 Å². The van der Waals surface area contributed by atoms with E-state index in [0.717, 1.165) is 11.1 Å². The molecule has 0 unspecified atom stereocenters. The lowest BCUT2D eigenvalue weighted by atomic mass is 10.1. The Morgan fingerprint density at radius 3 is 2.68 bits per heavy atom. The molecule has 7 nitrogen and oxygen atoms in total. The normalized spacial score (nSPS) is 10.5. The molecule has 0 saturated carbocycles. The molecule has 1 aromatic carbocycles. The van der Waals surface area contributed by atoms with E-state index < -0.39 is 0 Å². The predicted molar refractivity (Wildman–Crippen MR) is 109 cm³/mol. The predicted octanol–water partition coefficient (Wildman–Crippen LogP) is 2.81. The maximum absolute atomic E-state index is 11.9. The summed E-state index contributed by atoms with van der Waals surface area (Å²) in [6.45, 7) is 6.58. The van der Waals surface area contributed by atoms with Crippen molar-refractivity contribution in [1.29, 1.82) is 0 Å². The molecule has 0 aliphatic rings. The number of aromatic amines is 1. The second kappa shape index (κ2) is 8.47. The fourth-order valence-electron chi connectivity index (χ4n) is 2.70. The molecule has 2 heterocycles. The number of nitrogens with one attached hydrogen (secondary N) is 3. The van der Waals surface area contributed by atoms with E-state index in [-0.39, 0.29) is 11.5 Å². The van der Waals surface area contributed by atoms with Gasteiger partial charge in [0.15, 0.2) is 0 Å². The van der Waals surface area contributed by atoms with Gasteiger partial charge in [0.2, 0.25) is 0 Å². The number of anilines is 1. The number of hydrogen-bond donors (Lipinski definition) is 3. The summed E-state index contributed by atoms with van der Waals surface area (Å²) < 4.78 is 0. The van der Waals surface area contributed by atoms with Crippen molar-refractivity contribution >= 4 is 11.7 Å². The molecule has 3 N–H and O–H groups in total. The van der Waals surface area contributed by atoms with Crippen LogP contribution in [-0.2, 0) is 6.54 Å². The summed E-state index contributed by atoms with van der Waals surface area (Å²) in [5.41, 5.74) is 3.53. The SMILES string of the molecule is CCNC(=O)c1cccc(CNc2ccc(-c3nc(C)c(C)c(=O)[nH]3)cn2)c1. The maximum Gasteiger partial charge on any atom is 0.254 e. The van der Waals surface area contributed by atoms with Gasteiger partial charge in [0.05, 0.1) is 0 Å². The molecule has 0 aliphatic heterocycles. The van der Waals surface area contributed by atoms with Gasteiger partial charge in [-0.25, -0.2) is 9.97 Å².